The molecule has 1 aliphatic rings. The Balaban J connectivity index is 1.43. The lowest BCUT2D eigenvalue weighted by atomic mass is 9.93. The van der Waals surface area contributed by atoms with Crippen LogP contribution in [-0.4, -0.2) is 38.5 Å². The van der Waals surface area contributed by atoms with Gasteiger partial charge in [0, 0.05) is 11.1 Å². The Hall–Kier alpha value is -5.61. The molecule has 0 aliphatic carbocycles. The highest BCUT2D eigenvalue weighted by molar-refractivity contribution is 7.07. The van der Waals surface area contributed by atoms with E-state index in [9.17, 15) is 9.59 Å². The van der Waals surface area contributed by atoms with Gasteiger partial charge in [-0.3, -0.25) is 9.36 Å². The first-order valence-corrected chi connectivity index (χ1v) is 16.1. The minimum absolute atomic E-state index is 0.185. The lowest BCUT2D eigenvalue weighted by molar-refractivity contribution is -0.138. The predicted molar refractivity (Wildman–Crippen MR) is 184 cm³/mol. The molecule has 2 heterocycles. The molecular formula is C38H34N2O7S. The van der Waals surface area contributed by atoms with Crippen LogP contribution in [0, 0.1) is 0 Å². The molecule has 10 heteroatoms. The Morgan fingerprint density at radius 1 is 0.854 bits per heavy atom. The summed E-state index contributed by atoms with van der Waals surface area (Å²) in [5, 5.41) is 0. The van der Waals surface area contributed by atoms with Crippen molar-refractivity contribution >= 4 is 29.1 Å². The Morgan fingerprint density at radius 3 is 2.25 bits per heavy atom. The lowest BCUT2D eigenvalue weighted by Gasteiger charge is -2.25. The van der Waals surface area contributed by atoms with E-state index in [1.165, 1.54) is 11.3 Å². The minimum Gasteiger partial charge on any atom is -0.497 e. The van der Waals surface area contributed by atoms with E-state index in [0.29, 0.717) is 43.6 Å². The van der Waals surface area contributed by atoms with Crippen molar-refractivity contribution < 1.29 is 28.5 Å². The highest BCUT2D eigenvalue weighted by Gasteiger charge is 2.35. The number of methoxy groups -OCH3 is 3. The molecule has 0 saturated heterocycles. The van der Waals surface area contributed by atoms with Gasteiger partial charge in [0.25, 0.3) is 5.56 Å². The molecule has 4 aromatic carbocycles. The van der Waals surface area contributed by atoms with Gasteiger partial charge in [0.2, 0.25) is 0 Å². The fourth-order valence-corrected chi connectivity index (χ4v) is 6.59. The smallest absolute Gasteiger partial charge is 0.338 e. The van der Waals surface area contributed by atoms with Crippen LogP contribution in [0.5, 0.6) is 23.0 Å². The molecule has 0 N–H and O–H groups in total. The number of carbonyl (C=O) groups is 1. The molecule has 0 fully saturated rings. The number of fused-ring (bicyclic) bond motifs is 1. The molecule has 1 aliphatic heterocycles. The van der Waals surface area contributed by atoms with Crippen LogP contribution in [0.2, 0.25) is 0 Å². The van der Waals surface area contributed by atoms with E-state index in [2.05, 4.69) is 0 Å². The van der Waals surface area contributed by atoms with Crippen molar-refractivity contribution in [1.82, 2.24) is 4.57 Å². The van der Waals surface area contributed by atoms with E-state index in [1.54, 1.807) is 45.0 Å². The molecule has 0 amide bonds. The van der Waals surface area contributed by atoms with Crippen LogP contribution >= 0.6 is 11.3 Å². The Kier molecular flexibility index (Phi) is 9.73. The van der Waals surface area contributed by atoms with Crippen molar-refractivity contribution in [2.45, 2.75) is 19.6 Å². The maximum absolute atomic E-state index is 14.2. The molecule has 0 saturated carbocycles. The average Bonchev–Trinajstić information content (AvgIpc) is 3.44. The maximum atomic E-state index is 14.2. The molecule has 5 aromatic rings. The summed E-state index contributed by atoms with van der Waals surface area (Å²) in [7, 11) is 4.77. The van der Waals surface area contributed by atoms with Gasteiger partial charge in [0.1, 0.15) is 18.1 Å². The van der Waals surface area contributed by atoms with Crippen LogP contribution in [0.15, 0.2) is 112 Å². The van der Waals surface area contributed by atoms with E-state index in [-0.39, 0.29) is 18.8 Å². The quantitative estimate of drug-likeness (QED) is 0.171. The topological polar surface area (TPSA) is 97.6 Å². The van der Waals surface area contributed by atoms with Crippen molar-refractivity contribution in [3.63, 3.8) is 0 Å². The summed E-state index contributed by atoms with van der Waals surface area (Å²) < 4.78 is 30.2. The molecule has 0 unspecified atom stereocenters. The Bertz CT molecular complexity index is 2160. The van der Waals surface area contributed by atoms with Crippen molar-refractivity contribution in [3.8, 4) is 23.0 Å². The number of benzene rings is 4. The van der Waals surface area contributed by atoms with Gasteiger partial charge in [0.05, 0.1) is 49.8 Å². The van der Waals surface area contributed by atoms with Gasteiger partial charge in [0.15, 0.2) is 16.3 Å². The van der Waals surface area contributed by atoms with Crippen LogP contribution < -0.4 is 33.8 Å². The van der Waals surface area contributed by atoms with Crippen LogP contribution in [-0.2, 0) is 16.1 Å². The number of ether oxygens (including phenoxy) is 5. The second-order valence-corrected chi connectivity index (χ2v) is 11.7. The molecule has 1 atom stereocenters. The summed E-state index contributed by atoms with van der Waals surface area (Å²) in [6.07, 6.45) is 1.79. The van der Waals surface area contributed by atoms with Gasteiger partial charge in [-0.15, -0.1) is 0 Å². The predicted octanol–water partition coefficient (Wildman–Crippen LogP) is 5.54. The Labute approximate surface area is 281 Å². The molecular weight excluding hydrogens is 628 g/mol. The second kappa shape index (κ2) is 14.4. The molecule has 0 bridgehead atoms. The van der Waals surface area contributed by atoms with Crippen molar-refractivity contribution in [2.75, 3.05) is 27.9 Å². The summed E-state index contributed by atoms with van der Waals surface area (Å²) in [4.78, 5) is 33.2. The van der Waals surface area contributed by atoms with Crippen LogP contribution in [0.3, 0.4) is 0 Å². The first-order chi connectivity index (χ1) is 23.4. The number of hydrogen-bond acceptors (Lipinski definition) is 9. The van der Waals surface area contributed by atoms with Crippen molar-refractivity contribution in [3.05, 3.63) is 145 Å². The summed E-state index contributed by atoms with van der Waals surface area (Å²) in [6.45, 7) is 2.17. The number of hydrogen-bond donors (Lipinski definition) is 0. The number of carbonyl (C=O) groups excluding carboxylic acids is 1. The van der Waals surface area contributed by atoms with Gasteiger partial charge in [-0.1, -0.05) is 78.1 Å². The zero-order chi connectivity index (χ0) is 33.6. The van der Waals surface area contributed by atoms with E-state index in [1.807, 2.05) is 91.0 Å². The normalized spacial score (nSPS) is 14.2. The Morgan fingerprint density at radius 2 is 1.56 bits per heavy atom. The van der Waals surface area contributed by atoms with Gasteiger partial charge in [-0.25, -0.2) is 9.79 Å². The third-order valence-electron chi connectivity index (χ3n) is 7.85. The third kappa shape index (κ3) is 6.47. The van der Waals surface area contributed by atoms with Gasteiger partial charge in [-0.05, 0) is 54.5 Å². The molecule has 9 nitrogen and oxygen atoms in total. The largest absolute Gasteiger partial charge is 0.497 e. The first-order valence-electron chi connectivity index (χ1n) is 15.3. The van der Waals surface area contributed by atoms with Gasteiger partial charge in [-0.2, -0.15) is 0 Å². The standard InChI is InChI=1S/C38H34N2O7S/c1-5-46-37(42)33-34(25-12-8-6-9-13-25)39-38-40(35(33)26-14-10-7-11-15-26)36(41)32(48-38)21-24-16-18-30(31(20-24)45-4)47-23-27-22-28(43-2)17-19-29(27)44-3/h6-22,35H,5,23H2,1-4H3/b32-21-/t35-/m1/s1. The summed E-state index contributed by atoms with van der Waals surface area (Å²) in [5.41, 5.74) is 3.58. The molecule has 48 heavy (non-hydrogen) atoms. The van der Waals surface area contributed by atoms with Gasteiger partial charge < -0.3 is 23.7 Å². The highest BCUT2D eigenvalue weighted by Crippen LogP contribution is 2.35. The number of aromatic nitrogens is 1. The zero-order valence-corrected chi connectivity index (χ0v) is 27.8. The van der Waals surface area contributed by atoms with E-state index >= 15 is 0 Å². The summed E-state index contributed by atoms with van der Waals surface area (Å²) in [6, 6.07) is 29.2. The highest BCUT2D eigenvalue weighted by atomic mass is 32.1. The second-order valence-electron chi connectivity index (χ2n) is 10.7. The van der Waals surface area contributed by atoms with Gasteiger partial charge >= 0.3 is 5.97 Å². The van der Waals surface area contributed by atoms with Crippen molar-refractivity contribution in [2.24, 2.45) is 4.99 Å². The van der Waals surface area contributed by atoms with E-state index in [4.69, 9.17) is 28.7 Å². The van der Waals surface area contributed by atoms with Crippen LogP contribution in [0.4, 0.5) is 0 Å². The number of rotatable bonds is 11. The number of esters is 1. The third-order valence-corrected chi connectivity index (χ3v) is 8.83. The van der Waals surface area contributed by atoms with Crippen LogP contribution in [0.25, 0.3) is 11.8 Å². The SMILES string of the molecule is CCOC(=O)C1=C(c2ccccc2)N=c2s/c(=C\c3ccc(OCc4cc(OC)ccc4OC)c(OC)c3)c(=O)n2[C@@H]1c1ccccc1. The van der Waals surface area contributed by atoms with E-state index in [0.717, 1.165) is 22.3 Å². The molecule has 244 valence electrons. The summed E-state index contributed by atoms with van der Waals surface area (Å²) >= 11 is 1.26. The molecule has 6 rings (SSSR count). The van der Waals surface area contributed by atoms with Crippen molar-refractivity contribution in [1.29, 1.82) is 0 Å². The van der Waals surface area contributed by atoms with Crippen LogP contribution in [0.1, 0.15) is 35.2 Å². The number of thiazole rings is 1. The molecule has 0 spiro atoms. The summed E-state index contributed by atoms with van der Waals surface area (Å²) in [5.74, 6) is 1.87. The maximum Gasteiger partial charge on any atom is 0.338 e. The fraction of sp³-hybridized carbons (Fsp3) is 0.184. The molecule has 0 radical (unpaired) electrons. The minimum atomic E-state index is -0.738. The fourth-order valence-electron chi connectivity index (χ4n) is 5.59. The molecule has 1 aromatic heterocycles. The zero-order valence-electron chi connectivity index (χ0n) is 27.0. The monoisotopic (exact) mass is 662 g/mol. The lowest BCUT2D eigenvalue weighted by Crippen LogP contribution is -2.39. The van der Waals surface area contributed by atoms with E-state index < -0.39 is 12.0 Å². The average molecular weight is 663 g/mol. The number of nitrogens with zero attached hydrogens (tertiary/aromatic N) is 2. The first kappa shape index (κ1) is 32.3.